The lowest BCUT2D eigenvalue weighted by Gasteiger charge is -2.21. The van der Waals surface area contributed by atoms with Crippen molar-refractivity contribution in [3.05, 3.63) is 35.4 Å². The molecule has 1 aliphatic heterocycles. The van der Waals surface area contributed by atoms with E-state index in [4.69, 9.17) is 0 Å². The van der Waals surface area contributed by atoms with Crippen molar-refractivity contribution in [3.63, 3.8) is 0 Å². The highest BCUT2D eigenvalue weighted by atomic mass is 32.2. The van der Waals surface area contributed by atoms with Gasteiger partial charge in [0.05, 0.1) is 11.6 Å². The fourth-order valence-corrected chi connectivity index (χ4v) is 2.72. The van der Waals surface area contributed by atoms with Crippen LogP contribution >= 0.6 is 11.8 Å². The molecule has 0 saturated carbocycles. The number of likely N-dealkylation sites (N-methyl/N-ethyl adjacent to an activating group) is 1. The van der Waals surface area contributed by atoms with Crippen molar-refractivity contribution in [2.75, 3.05) is 25.2 Å². The number of benzene rings is 1. The topological polar surface area (TPSA) is 40.6 Å². The van der Waals surface area contributed by atoms with E-state index in [-0.39, 0.29) is 30.5 Å². The van der Waals surface area contributed by atoms with Gasteiger partial charge in [-0.25, -0.2) is 8.78 Å². The van der Waals surface area contributed by atoms with Gasteiger partial charge < -0.3 is 9.80 Å². The van der Waals surface area contributed by atoms with Gasteiger partial charge in [0, 0.05) is 25.2 Å². The Labute approximate surface area is 119 Å². The summed E-state index contributed by atoms with van der Waals surface area (Å²) >= 11 is 1.46. The number of halogens is 2. The molecule has 4 nitrogen and oxygen atoms in total. The largest absolute Gasteiger partial charge is 0.340 e. The Kier molecular flexibility index (Phi) is 4.59. The molecule has 1 saturated heterocycles. The van der Waals surface area contributed by atoms with Crippen LogP contribution in [-0.4, -0.2) is 46.8 Å². The molecule has 20 heavy (non-hydrogen) atoms. The van der Waals surface area contributed by atoms with E-state index < -0.39 is 11.6 Å². The van der Waals surface area contributed by atoms with E-state index in [9.17, 15) is 18.4 Å². The van der Waals surface area contributed by atoms with Crippen LogP contribution in [0.1, 0.15) is 5.56 Å². The van der Waals surface area contributed by atoms with E-state index in [0.29, 0.717) is 11.6 Å². The molecule has 2 rings (SSSR count). The number of rotatable bonds is 4. The van der Waals surface area contributed by atoms with E-state index in [1.165, 1.54) is 34.7 Å². The van der Waals surface area contributed by atoms with Crippen molar-refractivity contribution in [3.8, 4) is 0 Å². The fraction of sp³-hybridized carbons (Fsp3) is 0.385. The molecule has 1 heterocycles. The maximum absolute atomic E-state index is 13.5. The molecule has 0 atom stereocenters. The minimum absolute atomic E-state index is 0.00878. The molecule has 0 aliphatic carbocycles. The summed E-state index contributed by atoms with van der Waals surface area (Å²) in [6, 6.07) is 3.25. The molecule has 1 fully saturated rings. The minimum Gasteiger partial charge on any atom is -0.340 e. The molecule has 0 bridgehead atoms. The average molecular weight is 300 g/mol. The predicted octanol–water partition coefficient (Wildman–Crippen LogP) is 1.46. The monoisotopic (exact) mass is 300 g/mol. The summed E-state index contributed by atoms with van der Waals surface area (Å²) in [5.74, 6) is -0.779. The molecule has 0 N–H and O–H groups in total. The molecule has 0 spiro atoms. The first-order chi connectivity index (χ1) is 9.47. The van der Waals surface area contributed by atoms with Crippen molar-refractivity contribution >= 4 is 23.6 Å². The highest BCUT2D eigenvalue weighted by molar-refractivity contribution is 8.00. The van der Waals surface area contributed by atoms with Crippen LogP contribution in [0.25, 0.3) is 0 Å². The maximum atomic E-state index is 13.5. The summed E-state index contributed by atoms with van der Waals surface area (Å²) in [7, 11) is 1.53. The lowest BCUT2D eigenvalue weighted by Crippen LogP contribution is -2.39. The Morgan fingerprint density at radius 2 is 2.20 bits per heavy atom. The van der Waals surface area contributed by atoms with Gasteiger partial charge in [-0.05, 0) is 6.07 Å². The zero-order valence-corrected chi connectivity index (χ0v) is 11.8. The lowest BCUT2D eigenvalue weighted by molar-refractivity contribution is -0.137. The Bertz CT molecular complexity index is 539. The Morgan fingerprint density at radius 1 is 1.45 bits per heavy atom. The van der Waals surface area contributed by atoms with Gasteiger partial charge in [0.1, 0.15) is 18.2 Å². The first-order valence-corrected chi connectivity index (χ1v) is 7.16. The summed E-state index contributed by atoms with van der Waals surface area (Å²) < 4.78 is 26.3. The van der Waals surface area contributed by atoms with E-state index in [2.05, 4.69) is 0 Å². The van der Waals surface area contributed by atoms with Crippen LogP contribution in [0, 0.1) is 11.6 Å². The van der Waals surface area contributed by atoms with Crippen molar-refractivity contribution in [1.82, 2.24) is 9.80 Å². The molecule has 108 valence electrons. The van der Waals surface area contributed by atoms with Crippen LogP contribution in [0.3, 0.4) is 0 Å². The van der Waals surface area contributed by atoms with Crippen LogP contribution in [0.4, 0.5) is 8.78 Å². The SMILES string of the molecule is CN(Cc1ccc(F)cc1F)C(=O)CN1CSCC1=O. The molecular weight excluding hydrogens is 286 g/mol. The first kappa shape index (κ1) is 14.8. The van der Waals surface area contributed by atoms with Crippen LogP contribution in [0.15, 0.2) is 18.2 Å². The normalized spacial score (nSPS) is 14.8. The van der Waals surface area contributed by atoms with Crippen molar-refractivity contribution in [2.24, 2.45) is 0 Å². The molecule has 1 aromatic carbocycles. The minimum atomic E-state index is -0.683. The van der Waals surface area contributed by atoms with Gasteiger partial charge in [0.25, 0.3) is 0 Å². The van der Waals surface area contributed by atoms with Crippen LogP contribution < -0.4 is 0 Å². The fourth-order valence-electron chi connectivity index (χ4n) is 1.82. The first-order valence-electron chi connectivity index (χ1n) is 6.01. The third-order valence-electron chi connectivity index (χ3n) is 3.00. The van der Waals surface area contributed by atoms with Crippen molar-refractivity contribution in [2.45, 2.75) is 6.54 Å². The van der Waals surface area contributed by atoms with E-state index in [1.54, 1.807) is 0 Å². The van der Waals surface area contributed by atoms with Crippen LogP contribution in [-0.2, 0) is 16.1 Å². The molecule has 2 amide bonds. The van der Waals surface area contributed by atoms with Crippen LogP contribution in [0.5, 0.6) is 0 Å². The number of thioether (sulfide) groups is 1. The smallest absolute Gasteiger partial charge is 0.242 e. The molecule has 7 heteroatoms. The lowest BCUT2D eigenvalue weighted by atomic mass is 10.2. The predicted molar refractivity (Wildman–Crippen MR) is 71.9 cm³/mol. The molecule has 0 aromatic heterocycles. The molecule has 0 unspecified atom stereocenters. The zero-order chi connectivity index (χ0) is 14.7. The van der Waals surface area contributed by atoms with Gasteiger partial charge in [-0.1, -0.05) is 6.07 Å². The molecule has 1 aromatic rings. The maximum Gasteiger partial charge on any atom is 0.242 e. The Hall–Kier alpha value is -1.63. The quantitative estimate of drug-likeness (QED) is 0.845. The number of amides is 2. The van der Waals surface area contributed by atoms with E-state index >= 15 is 0 Å². The highest BCUT2D eigenvalue weighted by Crippen LogP contribution is 2.15. The molecular formula is C13H14F2N2O2S. The third-order valence-corrected chi connectivity index (χ3v) is 3.95. The van der Waals surface area contributed by atoms with E-state index in [0.717, 1.165) is 12.1 Å². The summed E-state index contributed by atoms with van der Waals surface area (Å²) in [6.07, 6.45) is 0. The van der Waals surface area contributed by atoms with Crippen LogP contribution in [0.2, 0.25) is 0 Å². The van der Waals surface area contributed by atoms with Gasteiger partial charge in [-0.3, -0.25) is 9.59 Å². The Morgan fingerprint density at radius 3 is 2.80 bits per heavy atom. The van der Waals surface area contributed by atoms with Gasteiger partial charge in [-0.15, -0.1) is 11.8 Å². The van der Waals surface area contributed by atoms with Crippen molar-refractivity contribution < 1.29 is 18.4 Å². The Balaban J connectivity index is 1.95. The van der Waals surface area contributed by atoms with Gasteiger partial charge in [0.2, 0.25) is 11.8 Å². The standard InChI is InChI=1S/C13H14F2N2O2S/c1-16(5-9-2-3-10(14)4-11(9)15)12(18)6-17-8-20-7-13(17)19/h2-4H,5-8H2,1H3. The summed E-state index contributed by atoms with van der Waals surface area (Å²) in [5, 5.41) is 0. The summed E-state index contributed by atoms with van der Waals surface area (Å²) in [4.78, 5) is 26.2. The highest BCUT2D eigenvalue weighted by Gasteiger charge is 2.24. The van der Waals surface area contributed by atoms with Gasteiger partial charge in [-0.2, -0.15) is 0 Å². The zero-order valence-electron chi connectivity index (χ0n) is 10.9. The number of nitrogens with zero attached hydrogens (tertiary/aromatic N) is 2. The van der Waals surface area contributed by atoms with Gasteiger partial charge >= 0.3 is 0 Å². The third kappa shape index (κ3) is 3.47. The number of carbonyl (C=O) groups is 2. The number of carbonyl (C=O) groups excluding carboxylic acids is 2. The average Bonchev–Trinajstić information content (AvgIpc) is 2.78. The molecule has 0 radical (unpaired) electrons. The second-order valence-electron chi connectivity index (χ2n) is 4.55. The van der Waals surface area contributed by atoms with E-state index in [1.807, 2.05) is 0 Å². The molecule has 1 aliphatic rings. The summed E-state index contributed by atoms with van der Waals surface area (Å²) in [5.41, 5.74) is 0.240. The number of hydrogen-bond donors (Lipinski definition) is 0. The second-order valence-corrected chi connectivity index (χ2v) is 5.51. The number of hydrogen-bond acceptors (Lipinski definition) is 3. The van der Waals surface area contributed by atoms with Crippen molar-refractivity contribution in [1.29, 1.82) is 0 Å². The second kappa shape index (κ2) is 6.21. The summed E-state index contributed by atoms with van der Waals surface area (Å²) in [6.45, 7) is 0.0330. The van der Waals surface area contributed by atoms with Gasteiger partial charge in [0.15, 0.2) is 0 Å².